The normalized spacial score (nSPS) is 13.2. The highest BCUT2D eigenvalue weighted by atomic mass is 16.5. The fourth-order valence-corrected chi connectivity index (χ4v) is 0.762. The second-order valence-corrected chi connectivity index (χ2v) is 2.76. The summed E-state index contributed by atoms with van der Waals surface area (Å²) in [5.41, 5.74) is 0. The molecule has 0 aliphatic rings. The van der Waals surface area contributed by atoms with Crippen molar-refractivity contribution in [3.63, 3.8) is 0 Å². The van der Waals surface area contributed by atoms with Crippen LogP contribution >= 0.6 is 0 Å². The Balaban J connectivity index is 2.49. The number of hydrogen-bond donors (Lipinski definition) is 0. The third-order valence-electron chi connectivity index (χ3n) is 1.59. The van der Waals surface area contributed by atoms with Crippen molar-refractivity contribution in [1.29, 1.82) is 0 Å². The van der Waals surface area contributed by atoms with Crippen molar-refractivity contribution in [3.05, 3.63) is 43.0 Å². The summed E-state index contributed by atoms with van der Waals surface area (Å²) in [5.74, 6) is 1.09. The SMILES string of the molecule is [3H]c1cccc(OC[C@H](C)C=C)c1. The van der Waals surface area contributed by atoms with E-state index in [4.69, 9.17) is 6.11 Å². The van der Waals surface area contributed by atoms with Gasteiger partial charge in [0.25, 0.3) is 0 Å². The van der Waals surface area contributed by atoms with E-state index in [1.54, 1.807) is 12.1 Å². The van der Waals surface area contributed by atoms with E-state index in [0.29, 0.717) is 18.6 Å². The van der Waals surface area contributed by atoms with Crippen LogP contribution < -0.4 is 4.74 Å². The predicted octanol–water partition coefficient (Wildman–Crippen LogP) is 2.89. The number of benzene rings is 1. The van der Waals surface area contributed by atoms with Gasteiger partial charge in [-0.1, -0.05) is 31.2 Å². The molecule has 0 saturated heterocycles. The van der Waals surface area contributed by atoms with Crippen molar-refractivity contribution in [2.24, 2.45) is 5.92 Å². The molecule has 1 aromatic carbocycles. The van der Waals surface area contributed by atoms with Crippen LogP contribution in [-0.2, 0) is 0 Å². The maximum absolute atomic E-state index is 7.37. The molecule has 0 fully saturated rings. The van der Waals surface area contributed by atoms with E-state index in [9.17, 15) is 0 Å². The van der Waals surface area contributed by atoms with Crippen LogP contribution in [0.3, 0.4) is 0 Å². The Morgan fingerprint density at radius 2 is 2.50 bits per heavy atom. The van der Waals surface area contributed by atoms with Crippen molar-refractivity contribution >= 4 is 0 Å². The van der Waals surface area contributed by atoms with Gasteiger partial charge in [0, 0.05) is 5.92 Å². The van der Waals surface area contributed by atoms with Gasteiger partial charge in [0.1, 0.15) is 5.75 Å². The van der Waals surface area contributed by atoms with Gasteiger partial charge >= 0.3 is 0 Å². The zero-order chi connectivity index (χ0) is 9.68. The number of hydrogen-bond acceptors (Lipinski definition) is 1. The fourth-order valence-electron chi connectivity index (χ4n) is 0.762. The Morgan fingerprint density at radius 1 is 1.67 bits per heavy atom. The first-order valence-corrected chi connectivity index (χ1v) is 4.04. The van der Waals surface area contributed by atoms with Crippen LogP contribution in [0.25, 0.3) is 0 Å². The van der Waals surface area contributed by atoms with E-state index < -0.39 is 0 Å². The smallest absolute Gasteiger partial charge is 0.119 e. The van der Waals surface area contributed by atoms with Gasteiger partial charge in [0.2, 0.25) is 0 Å². The van der Waals surface area contributed by atoms with Gasteiger partial charge in [-0.25, -0.2) is 0 Å². The summed E-state index contributed by atoms with van der Waals surface area (Å²) < 4.78 is 12.8. The standard InChI is InChI=1S/C11H14O/c1-3-10(2)9-12-11-7-5-4-6-8-11/h3-8,10H,1,9H2,2H3/t10-/m1/s1/i5T. The Labute approximate surface area is 75.1 Å². The Hall–Kier alpha value is -1.24. The van der Waals surface area contributed by atoms with Crippen LogP contribution in [-0.4, -0.2) is 6.61 Å². The molecule has 0 aliphatic heterocycles. The predicted molar refractivity (Wildman–Crippen MR) is 51.3 cm³/mol. The second-order valence-electron chi connectivity index (χ2n) is 2.76. The lowest BCUT2D eigenvalue weighted by atomic mass is 10.2. The quantitative estimate of drug-likeness (QED) is 0.622. The Morgan fingerprint density at radius 3 is 3.17 bits per heavy atom. The summed E-state index contributed by atoms with van der Waals surface area (Å²) in [4.78, 5) is 0. The van der Waals surface area contributed by atoms with E-state index >= 15 is 0 Å². The minimum absolute atomic E-state index is 0.342. The van der Waals surface area contributed by atoms with Crippen LogP contribution in [0.15, 0.2) is 43.0 Å². The highest BCUT2D eigenvalue weighted by Crippen LogP contribution is 2.09. The molecule has 0 heterocycles. The molecule has 0 unspecified atom stereocenters. The maximum atomic E-state index is 7.37. The minimum atomic E-state index is 0.342. The van der Waals surface area contributed by atoms with Crippen LogP contribution in [0.1, 0.15) is 8.29 Å². The third-order valence-corrected chi connectivity index (χ3v) is 1.59. The highest BCUT2D eigenvalue weighted by Gasteiger charge is 1.96. The van der Waals surface area contributed by atoms with Crippen LogP contribution in [0.4, 0.5) is 0 Å². The molecule has 0 spiro atoms. The maximum Gasteiger partial charge on any atom is 0.119 e. The first-order valence-electron chi connectivity index (χ1n) is 4.54. The Kier molecular flexibility index (Phi) is 2.84. The van der Waals surface area contributed by atoms with E-state index in [0.717, 1.165) is 5.75 Å². The third kappa shape index (κ3) is 2.79. The van der Waals surface area contributed by atoms with Crippen molar-refractivity contribution in [3.8, 4) is 5.75 Å². The zero-order valence-electron chi connectivity index (χ0n) is 8.29. The van der Waals surface area contributed by atoms with Gasteiger partial charge in [0.05, 0.1) is 7.98 Å². The summed E-state index contributed by atoms with van der Waals surface area (Å²) >= 11 is 0. The zero-order valence-corrected chi connectivity index (χ0v) is 7.29. The summed E-state index contributed by atoms with van der Waals surface area (Å²) in [5, 5.41) is 0. The topological polar surface area (TPSA) is 9.23 Å². The first-order chi connectivity index (χ1) is 6.22. The van der Waals surface area contributed by atoms with E-state index in [2.05, 4.69) is 6.58 Å². The minimum Gasteiger partial charge on any atom is -0.493 e. The summed E-state index contributed by atoms with van der Waals surface area (Å²) in [6, 6.07) is 7.58. The lowest BCUT2D eigenvalue weighted by Crippen LogP contribution is -2.05. The largest absolute Gasteiger partial charge is 0.493 e. The molecular formula is C11H14O. The number of para-hydroxylation sites is 1. The molecule has 1 atom stereocenters. The highest BCUT2D eigenvalue weighted by molar-refractivity contribution is 5.20. The van der Waals surface area contributed by atoms with Gasteiger partial charge < -0.3 is 4.74 Å². The molecule has 0 N–H and O–H groups in total. The summed E-state index contributed by atoms with van der Waals surface area (Å²) in [7, 11) is 0. The van der Waals surface area contributed by atoms with Crippen LogP contribution in [0.5, 0.6) is 5.75 Å². The van der Waals surface area contributed by atoms with E-state index in [1.165, 1.54) is 0 Å². The molecule has 0 aliphatic carbocycles. The van der Waals surface area contributed by atoms with Crippen molar-refractivity contribution in [2.75, 3.05) is 6.61 Å². The molecule has 12 heavy (non-hydrogen) atoms. The average molecular weight is 164 g/mol. The molecule has 1 heteroatoms. The summed E-state index contributed by atoms with van der Waals surface area (Å²) in [6.07, 6.45) is 1.85. The van der Waals surface area contributed by atoms with E-state index in [-0.39, 0.29) is 0 Å². The lowest BCUT2D eigenvalue weighted by molar-refractivity contribution is 0.285. The monoisotopic (exact) mass is 164 g/mol. The van der Waals surface area contributed by atoms with Gasteiger partial charge in [-0.3, -0.25) is 0 Å². The number of rotatable bonds is 4. The number of ether oxygens (including phenoxy) is 1. The van der Waals surface area contributed by atoms with Gasteiger partial charge in [-0.2, -0.15) is 0 Å². The lowest BCUT2D eigenvalue weighted by Gasteiger charge is -2.08. The first kappa shape index (κ1) is 7.41. The molecule has 1 rings (SSSR count). The molecule has 64 valence electrons. The molecule has 0 aromatic heterocycles. The van der Waals surface area contributed by atoms with Gasteiger partial charge in [-0.15, -0.1) is 6.58 Å². The van der Waals surface area contributed by atoms with Crippen molar-refractivity contribution in [1.82, 2.24) is 0 Å². The van der Waals surface area contributed by atoms with Crippen molar-refractivity contribution in [2.45, 2.75) is 6.92 Å². The molecule has 1 nitrogen and oxygen atoms in total. The van der Waals surface area contributed by atoms with Gasteiger partial charge in [0.15, 0.2) is 0 Å². The fraction of sp³-hybridized carbons (Fsp3) is 0.273. The van der Waals surface area contributed by atoms with Crippen LogP contribution in [0, 0.1) is 5.92 Å². The molecule has 0 saturated carbocycles. The molecule has 0 bridgehead atoms. The second kappa shape index (κ2) is 4.60. The molecular weight excluding hydrogens is 148 g/mol. The molecule has 0 radical (unpaired) electrons. The van der Waals surface area contributed by atoms with Gasteiger partial charge in [-0.05, 0) is 12.1 Å². The molecule has 1 aromatic rings. The van der Waals surface area contributed by atoms with E-state index in [1.807, 2.05) is 25.1 Å². The van der Waals surface area contributed by atoms with Crippen molar-refractivity contribution < 1.29 is 6.11 Å². The average Bonchev–Trinajstić information content (AvgIpc) is 2.14. The summed E-state index contributed by atoms with van der Waals surface area (Å²) in [6.45, 7) is 6.33. The Bertz CT molecular complexity index is 283. The van der Waals surface area contributed by atoms with Crippen LogP contribution in [0.2, 0.25) is 0 Å². The molecule has 0 amide bonds.